The number of nitrogens with zero attached hydrogens (tertiary/aromatic N) is 1. The summed E-state index contributed by atoms with van der Waals surface area (Å²) in [4.78, 5) is 3.44. The van der Waals surface area contributed by atoms with E-state index in [1.165, 1.54) is 0 Å². The Labute approximate surface area is 96.5 Å². The summed E-state index contributed by atoms with van der Waals surface area (Å²) in [5.41, 5.74) is 0. The average Bonchev–Trinajstić information content (AvgIpc) is 2.01. The van der Waals surface area contributed by atoms with E-state index in [1.807, 2.05) is 0 Å². The van der Waals surface area contributed by atoms with Crippen molar-refractivity contribution in [2.45, 2.75) is 32.6 Å². The third-order valence-electron chi connectivity index (χ3n) is 1.30. The minimum atomic E-state index is -3.06. The first kappa shape index (κ1) is 15.1. The highest BCUT2D eigenvalue weighted by Crippen LogP contribution is 2.47. The van der Waals surface area contributed by atoms with Gasteiger partial charge in [0.15, 0.2) is 0 Å². The van der Waals surface area contributed by atoms with Crippen LogP contribution in [-0.2, 0) is 13.6 Å². The Morgan fingerprint density at radius 1 is 1.33 bits per heavy atom. The number of halogens is 1. The highest BCUT2D eigenvalue weighted by atomic mass is 35.5. The van der Waals surface area contributed by atoms with E-state index in [-0.39, 0.29) is 6.29 Å². The lowest BCUT2D eigenvalue weighted by molar-refractivity contribution is 0.221. The van der Waals surface area contributed by atoms with Gasteiger partial charge in [-0.2, -0.15) is 0 Å². The lowest BCUT2D eigenvalue weighted by Gasteiger charge is -2.15. The zero-order valence-electron chi connectivity index (χ0n) is 9.70. The first-order valence-corrected chi connectivity index (χ1v) is 7.01. The Bertz CT molecular complexity index is 240. The summed E-state index contributed by atoms with van der Waals surface area (Å²) in [6.45, 7) is 7.81. The van der Waals surface area contributed by atoms with Crippen molar-refractivity contribution in [1.29, 1.82) is 0 Å². The average molecular weight is 256 g/mol. The lowest BCUT2D eigenvalue weighted by Crippen LogP contribution is -2.12. The summed E-state index contributed by atoms with van der Waals surface area (Å²) in [5.74, 6) is 0. The Morgan fingerprint density at radius 2 is 1.80 bits per heavy atom. The van der Waals surface area contributed by atoms with Gasteiger partial charge in [-0.05, 0) is 27.7 Å². The molecule has 0 spiro atoms. The minimum Gasteiger partial charge on any atom is -0.308 e. The van der Waals surface area contributed by atoms with E-state index >= 15 is 0 Å². The molecule has 0 aromatic rings. The number of aliphatic imine (C=N–C) groups is 1. The van der Waals surface area contributed by atoms with Gasteiger partial charge in [-0.1, -0.05) is 0 Å². The van der Waals surface area contributed by atoms with Crippen LogP contribution in [0.1, 0.15) is 27.7 Å². The Kier molecular flexibility index (Phi) is 6.69. The number of hydrogen-bond acceptors (Lipinski definition) is 4. The van der Waals surface area contributed by atoms with Crippen LogP contribution in [0.2, 0.25) is 0 Å². The molecule has 0 radical (unpaired) electrons. The van der Waals surface area contributed by atoms with Crippen LogP contribution in [0.3, 0.4) is 0 Å². The quantitative estimate of drug-likeness (QED) is 0.398. The van der Waals surface area contributed by atoms with Crippen molar-refractivity contribution < 1.29 is 13.6 Å². The van der Waals surface area contributed by atoms with Crippen molar-refractivity contribution in [1.82, 2.24) is 0 Å². The zero-order chi connectivity index (χ0) is 11.9. The third-order valence-corrected chi connectivity index (χ3v) is 3.22. The largest absolute Gasteiger partial charge is 0.351 e. The fourth-order valence-electron chi connectivity index (χ4n) is 0.870. The maximum atomic E-state index is 11.9. The van der Waals surface area contributed by atoms with Crippen LogP contribution < -0.4 is 0 Å². The summed E-state index contributed by atoms with van der Waals surface area (Å²) in [5, 5.41) is 0. The zero-order valence-corrected chi connectivity index (χ0v) is 11.3. The third kappa shape index (κ3) is 7.97. The molecule has 0 bridgehead atoms. The van der Waals surface area contributed by atoms with E-state index in [9.17, 15) is 4.57 Å². The first-order valence-electron chi connectivity index (χ1n) is 4.91. The molecule has 0 aliphatic carbocycles. The fraction of sp³-hybridized carbons (Fsp3) is 0.889. The van der Waals surface area contributed by atoms with E-state index in [0.29, 0.717) is 13.2 Å². The molecule has 0 atom stereocenters. The van der Waals surface area contributed by atoms with Gasteiger partial charge in [-0.15, -0.1) is 11.6 Å². The van der Waals surface area contributed by atoms with Gasteiger partial charge < -0.3 is 9.05 Å². The Morgan fingerprint density at radius 3 is 2.13 bits per heavy atom. The molecule has 0 fully saturated rings. The molecule has 6 heteroatoms. The molecule has 90 valence electrons. The van der Waals surface area contributed by atoms with Gasteiger partial charge in [0.25, 0.3) is 0 Å². The predicted molar refractivity (Wildman–Crippen MR) is 64.1 cm³/mol. The second kappa shape index (κ2) is 6.64. The van der Waals surface area contributed by atoms with E-state index in [2.05, 4.69) is 4.99 Å². The normalized spacial score (nSPS) is 13.7. The standard InChI is InChI=1S/C9H19ClNO3P/c1-5-13-15(12,14-6-2)8-11-7-9(3,4)10/h7H,5-6,8H2,1-4H3/b11-7+. The molecule has 0 amide bonds. The minimum absolute atomic E-state index is 0.0187. The molecule has 0 saturated carbocycles. The summed E-state index contributed by atoms with van der Waals surface area (Å²) in [7, 11) is -3.06. The number of rotatable bonds is 7. The molecule has 0 N–H and O–H groups in total. The van der Waals surface area contributed by atoms with E-state index in [0.717, 1.165) is 0 Å². The maximum Gasteiger partial charge on any atom is 0.351 e. The summed E-state index contributed by atoms with van der Waals surface area (Å²) >= 11 is 5.90. The molecular weight excluding hydrogens is 237 g/mol. The van der Waals surface area contributed by atoms with Crippen molar-refractivity contribution in [3.05, 3.63) is 0 Å². The van der Waals surface area contributed by atoms with Gasteiger partial charge in [0.2, 0.25) is 0 Å². The monoisotopic (exact) mass is 255 g/mol. The van der Waals surface area contributed by atoms with Crippen molar-refractivity contribution in [2.24, 2.45) is 4.99 Å². The summed E-state index contributed by atoms with van der Waals surface area (Å²) < 4.78 is 22.0. The van der Waals surface area contributed by atoms with Crippen LogP contribution >= 0.6 is 19.2 Å². The SMILES string of the molecule is CCOP(=O)(C/N=C/C(C)(C)Cl)OCC. The molecule has 15 heavy (non-hydrogen) atoms. The first-order chi connectivity index (χ1) is 6.83. The van der Waals surface area contributed by atoms with Gasteiger partial charge in [0.1, 0.15) is 6.29 Å². The summed E-state index contributed by atoms with van der Waals surface area (Å²) in [6.07, 6.45) is 1.56. The van der Waals surface area contributed by atoms with Gasteiger partial charge in [-0.3, -0.25) is 9.56 Å². The lowest BCUT2D eigenvalue weighted by atomic mass is 10.2. The van der Waals surface area contributed by atoms with E-state index < -0.39 is 12.5 Å². The van der Waals surface area contributed by atoms with Crippen LogP contribution in [0.4, 0.5) is 0 Å². The van der Waals surface area contributed by atoms with Gasteiger partial charge in [0.05, 0.1) is 18.1 Å². The van der Waals surface area contributed by atoms with Gasteiger partial charge in [-0.25, -0.2) is 0 Å². The van der Waals surface area contributed by atoms with Crippen LogP contribution in [0.5, 0.6) is 0 Å². The molecular formula is C9H19ClNO3P. The molecule has 4 nitrogen and oxygen atoms in total. The van der Waals surface area contributed by atoms with E-state index in [4.69, 9.17) is 20.6 Å². The molecule has 0 aromatic heterocycles. The summed E-state index contributed by atoms with van der Waals surface area (Å²) in [6, 6.07) is 0. The van der Waals surface area contributed by atoms with Crippen molar-refractivity contribution in [3.63, 3.8) is 0 Å². The second-order valence-electron chi connectivity index (χ2n) is 3.46. The molecule has 0 unspecified atom stereocenters. The topological polar surface area (TPSA) is 47.9 Å². The van der Waals surface area contributed by atoms with Crippen LogP contribution in [0.15, 0.2) is 4.99 Å². The van der Waals surface area contributed by atoms with Crippen molar-refractivity contribution in [3.8, 4) is 0 Å². The molecule has 0 aliphatic rings. The molecule has 0 aromatic carbocycles. The maximum absolute atomic E-state index is 11.9. The van der Waals surface area contributed by atoms with Crippen LogP contribution in [-0.4, -0.2) is 30.6 Å². The molecule has 0 aliphatic heterocycles. The number of hydrogen-bond donors (Lipinski definition) is 0. The number of alkyl halides is 1. The highest BCUT2D eigenvalue weighted by molar-refractivity contribution is 7.53. The van der Waals surface area contributed by atoms with Crippen molar-refractivity contribution >= 4 is 25.4 Å². The van der Waals surface area contributed by atoms with Crippen molar-refractivity contribution in [2.75, 3.05) is 19.5 Å². The molecule has 0 rings (SSSR count). The van der Waals surface area contributed by atoms with Crippen LogP contribution in [0.25, 0.3) is 0 Å². The predicted octanol–water partition coefficient (Wildman–Crippen LogP) is 3.30. The smallest absolute Gasteiger partial charge is 0.308 e. The van der Waals surface area contributed by atoms with Gasteiger partial charge >= 0.3 is 7.60 Å². The second-order valence-corrected chi connectivity index (χ2v) is 6.46. The van der Waals surface area contributed by atoms with E-state index in [1.54, 1.807) is 33.9 Å². The molecule has 0 saturated heterocycles. The molecule has 0 heterocycles. The highest BCUT2D eigenvalue weighted by Gasteiger charge is 2.22. The Hall–Kier alpha value is 0.110. The Balaban J connectivity index is 4.30. The fourth-order valence-corrected chi connectivity index (χ4v) is 2.25. The van der Waals surface area contributed by atoms with Gasteiger partial charge in [0, 0.05) is 6.21 Å². The van der Waals surface area contributed by atoms with Crippen LogP contribution in [0, 0.1) is 0 Å².